The number of carbonyl (C=O) groups is 3. The van der Waals surface area contributed by atoms with E-state index in [1.54, 1.807) is 14.0 Å². The Balaban J connectivity index is 1.96. The zero-order valence-electron chi connectivity index (χ0n) is 20.9. The fourth-order valence-electron chi connectivity index (χ4n) is 4.51. The number of aryl methyl sites for hydroxylation is 2. The molecule has 0 spiro atoms. The molecule has 9 heteroatoms. The second-order valence-corrected chi connectivity index (χ2v) is 8.83. The zero-order valence-corrected chi connectivity index (χ0v) is 20.9. The summed E-state index contributed by atoms with van der Waals surface area (Å²) in [5.74, 6) is -0.422. The number of ether oxygens (including phenoxy) is 1. The number of nitrogens with one attached hydrogen (secondary N) is 2. The van der Waals surface area contributed by atoms with Crippen LogP contribution >= 0.6 is 0 Å². The number of nitrogens with zero attached hydrogens (tertiary/aromatic N) is 3. The summed E-state index contributed by atoms with van der Waals surface area (Å²) in [4.78, 5) is 44.0. The maximum atomic E-state index is 13.2. The molecule has 1 unspecified atom stereocenters. The van der Waals surface area contributed by atoms with Crippen LogP contribution in [0.1, 0.15) is 43.0 Å². The summed E-state index contributed by atoms with van der Waals surface area (Å²) in [6.07, 6.45) is 0.815. The third kappa shape index (κ3) is 5.70. The van der Waals surface area contributed by atoms with Gasteiger partial charge in [0.2, 0.25) is 0 Å². The third-order valence-corrected chi connectivity index (χ3v) is 6.40. The van der Waals surface area contributed by atoms with Crippen LogP contribution in [0, 0.1) is 13.8 Å². The van der Waals surface area contributed by atoms with E-state index < -0.39 is 12.0 Å². The van der Waals surface area contributed by atoms with Crippen LogP contribution in [0.15, 0.2) is 29.5 Å². The number of likely N-dealkylation sites (N-methyl/N-ethyl adjacent to an activating group) is 1. The van der Waals surface area contributed by atoms with Crippen molar-refractivity contribution in [3.05, 3.63) is 46.2 Å². The molecular formula is C25H37N5O4. The Labute approximate surface area is 202 Å². The monoisotopic (exact) mass is 471 g/mol. The normalized spacial score (nSPS) is 19.6. The molecule has 0 bridgehead atoms. The number of benzene rings is 1. The highest BCUT2D eigenvalue weighted by molar-refractivity contribution is 5.95. The summed E-state index contributed by atoms with van der Waals surface area (Å²) in [5.41, 5.74) is 4.03. The lowest BCUT2D eigenvalue weighted by Gasteiger charge is -2.37. The van der Waals surface area contributed by atoms with Gasteiger partial charge in [0.05, 0.1) is 18.2 Å². The Morgan fingerprint density at radius 3 is 2.62 bits per heavy atom. The van der Waals surface area contributed by atoms with E-state index in [0.717, 1.165) is 29.7 Å². The molecule has 1 fully saturated rings. The van der Waals surface area contributed by atoms with Crippen molar-refractivity contribution < 1.29 is 19.1 Å². The van der Waals surface area contributed by atoms with Crippen molar-refractivity contribution in [1.82, 2.24) is 25.3 Å². The second kappa shape index (κ2) is 11.4. The standard InChI is InChI=1S/C25H37N5O4/c1-6-26-24(32)30-12-8-11-29(13-14-30)16-20-21(23(31)34-7-2)22(27-25(33)28(20)5)19-15-17(3)9-10-18(19)4/h9-10,15,22H,6-8,11-14,16H2,1-5H3,(H,26,32)(H,27,33). The molecule has 2 aliphatic rings. The molecule has 186 valence electrons. The highest BCUT2D eigenvalue weighted by atomic mass is 16.5. The van der Waals surface area contributed by atoms with Gasteiger partial charge in [0, 0.05) is 52.0 Å². The highest BCUT2D eigenvalue weighted by Gasteiger charge is 2.38. The highest BCUT2D eigenvalue weighted by Crippen LogP contribution is 2.33. The molecule has 34 heavy (non-hydrogen) atoms. The number of hydrogen-bond donors (Lipinski definition) is 2. The summed E-state index contributed by atoms with van der Waals surface area (Å²) >= 11 is 0. The first-order valence-electron chi connectivity index (χ1n) is 12.0. The summed E-state index contributed by atoms with van der Waals surface area (Å²) in [6, 6.07) is 5.13. The topological polar surface area (TPSA) is 94.2 Å². The number of amides is 4. The van der Waals surface area contributed by atoms with Crippen LogP contribution < -0.4 is 10.6 Å². The Kier molecular flexibility index (Phi) is 8.55. The lowest BCUT2D eigenvalue weighted by Crippen LogP contribution is -2.49. The van der Waals surface area contributed by atoms with Gasteiger partial charge < -0.3 is 20.3 Å². The third-order valence-electron chi connectivity index (χ3n) is 6.40. The molecule has 0 saturated carbocycles. The largest absolute Gasteiger partial charge is 0.463 e. The molecule has 1 atom stereocenters. The average molecular weight is 472 g/mol. The Morgan fingerprint density at radius 1 is 1.15 bits per heavy atom. The molecule has 9 nitrogen and oxygen atoms in total. The van der Waals surface area contributed by atoms with Crippen LogP contribution in [0.3, 0.4) is 0 Å². The summed E-state index contributed by atoms with van der Waals surface area (Å²) in [5, 5.41) is 5.86. The van der Waals surface area contributed by atoms with Gasteiger partial charge in [-0.1, -0.05) is 23.8 Å². The fourth-order valence-corrected chi connectivity index (χ4v) is 4.51. The van der Waals surface area contributed by atoms with Crippen molar-refractivity contribution in [2.24, 2.45) is 0 Å². The maximum Gasteiger partial charge on any atom is 0.338 e. The molecular weight excluding hydrogens is 434 g/mol. The number of urea groups is 2. The van der Waals surface area contributed by atoms with Crippen molar-refractivity contribution in [2.45, 2.75) is 40.2 Å². The lowest BCUT2D eigenvalue weighted by atomic mass is 9.90. The summed E-state index contributed by atoms with van der Waals surface area (Å²) in [7, 11) is 1.68. The molecule has 3 rings (SSSR count). The molecule has 2 N–H and O–H groups in total. The molecule has 2 aliphatic heterocycles. The van der Waals surface area contributed by atoms with Crippen LogP contribution in [0.2, 0.25) is 0 Å². The smallest absolute Gasteiger partial charge is 0.338 e. The summed E-state index contributed by atoms with van der Waals surface area (Å²) < 4.78 is 5.45. The van der Waals surface area contributed by atoms with Gasteiger partial charge in [-0.15, -0.1) is 0 Å². The number of rotatable bonds is 6. The predicted octanol–water partition coefficient (Wildman–Crippen LogP) is 2.55. The minimum absolute atomic E-state index is 0.0556. The first-order chi connectivity index (χ1) is 16.3. The van der Waals surface area contributed by atoms with Crippen LogP contribution in [0.4, 0.5) is 9.59 Å². The van der Waals surface area contributed by atoms with Crippen molar-refractivity contribution in [1.29, 1.82) is 0 Å². The average Bonchev–Trinajstić information content (AvgIpc) is 3.04. The molecule has 0 radical (unpaired) electrons. The van der Waals surface area contributed by atoms with E-state index in [1.165, 1.54) is 4.90 Å². The van der Waals surface area contributed by atoms with Gasteiger partial charge in [-0.05, 0) is 45.2 Å². The van der Waals surface area contributed by atoms with Crippen LogP contribution in [0.25, 0.3) is 0 Å². The second-order valence-electron chi connectivity index (χ2n) is 8.83. The van der Waals surface area contributed by atoms with Gasteiger partial charge in [-0.25, -0.2) is 14.4 Å². The van der Waals surface area contributed by atoms with E-state index in [1.807, 2.05) is 43.9 Å². The number of hydrogen-bond acceptors (Lipinski definition) is 5. The first-order valence-corrected chi connectivity index (χ1v) is 12.0. The number of esters is 1. The summed E-state index contributed by atoms with van der Waals surface area (Å²) in [6.45, 7) is 11.6. The van der Waals surface area contributed by atoms with E-state index in [0.29, 0.717) is 44.0 Å². The van der Waals surface area contributed by atoms with E-state index >= 15 is 0 Å². The molecule has 2 heterocycles. The minimum Gasteiger partial charge on any atom is -0.463 e. The first kappa shape index (κ1) is 25.6. The molecule has 4 amide bonds. The molecule has 1 saturated heterocycles. The van der Waals surface area contributed by atoms with Gasteiger partial charge in [0.1, 0.15) is 0 Å². The van der Waals surface area contributed by atoms with Crippen LogP contribution in [-0.2, 0) is 9.53 Å². The van der Waals surface area contributed by atoms with E-state index in [2.05, 4.69) is 15.5 Å². The molecule has 1 aromatic rings. The van der Waals surface area contributed by atoms with Crippen molar-refractivity contribution in [2.75, 3.05) is 52.9 Å². The van der Waals surface area contributed by atoms with E-state index in [-0.39, 0.29) is 18.7 Å². The fraction of sp³-hybridized carbons (Fsp3) is 0.560. The van der Waals surface area contributed by atoms with Gasteiger partial charge >= 0.3 is 18.0 Å². The van der Waals surface area contributed by atoms with Gasteiger partial charge in [0.15, 0.2) is 0 Å². The van der Waals surface area contributed by atoms with E-state index in [9.17, 15) is 14.4 Å². The van der Waals surface area contributed by atoms with Crippen molar-refractivity contribution in [3.63, 3.8) is 0 Å². The van der Waals surface area contributed by atoms with Gasteiger partial charge in [0.25, 0.3) is 0 Å². The van der Waals surface area contributed by atoms with Crippen LogP contribution in [-0.4, -0.2) is 85.7 Å². The van der Waals surface area contributed by atoms with Crippen LogP contribution in [0.5, 0.6) is 0 Å². The lowest BCUT2D eigenvalue weighted by molar-refractivity contribution is -0.139. The maximum absolute atomic E-state index is 13.2. The Bertz CT molecular complexity index is 961. The Hall–Kier alpha value is -3.07. The van der Waals surface area contributed by atoms with Crippen molar-refractivity contribution in [3.8, 4) is 0 Å². The SMILES string of the molecule is CCNC(=O)N1CCCN(CC2=C(C(=O)OCC)C(c3cc(C)ccc3C)NC(=O)N2C)CC1. The number of carbonyl (C=O) groups excluding carboxylic acids is 3. The minimum atomic E-state index is -0.587. The Morgan fingerprint density at radius 2 is 1.91 bits per heavy atom. The van der Waals surface area contributed by atoms with Gasteiger partial charge in [-0.2, -0.15) is 0 Å². The van der Waals surface area contributed by atoms with Crippen molar-refractivity contribution >= 4 is 18.0 Å². The molecule has 0 aliphatic carbocycles. The quantitative estimate of drug-likeness (QED) is 0.622. The predicted molar refractivity (Wildman–Crippen MR) is 130 cm³/mol. The molecule has 1 aromatic carbocycles. The van der Waals surface area contributed by atoms with E-state index in [4.69, 9.17) is 4.74 Å². The van der Waals surface area contributed by atoms with Gasteiger partial charge in [-0.3, -0.25) is 9.80 Å². The molecule has 0 aromatic heterocycles. The zero-order chi connectivity index (χ0) is 24.8.